The minimum absolute atomic E-state index is 0. The van der Waals surface area contributed by atoms with Crippen molar-refractivity contribution in [2.24, 2.45) is 0 Å². The molecule has 0 nitrogen and oxygen atoms in total. The van der Waals surface area contributed by atoms with Gasteiger partial charge in [-0.1, -0.05) is 48.6 Å². The molecule has 0 aromatic heterocycles. The molecular formula is C12H10Po. The van der Waals surface area contributed by atoms with Gasteiger partial charge in [-0.3, -0.25) is 0 Å². The van der Waals surface area contributed by atoms with Crippen molar-refractivity contribution < 1.29 is 0 Å². The second kappa shape index (κ2) is 3.24. The average molecular weight is 363 g/mol. The van der Waals surface area contributed by atoms with Crippen molar-refractivity contribution in [1.82, 2.24) is 0 Å². The molecule has 64 valence electrons. The Labute approximate surface area is 96.7 Å². The third kappa shape index (κ3) is 1.23. The average Bonchev–Trinajstić information content (AvgIpc) is 2.52. The molecule has 1 aliphatic rings. The summed E-state index contributed by atoms with van der Waals surface area (Å²) in [6.07, 6.45) is 4.36. The van der Waals surface area contributed by atoms with Crippen molar-refractivity contribution >= 4 is 49.5 Å². The van der Waals surface area contributed by atoms with E-state index in [0.717, 1.165) is 0 Å². The van der Waals surface area contributed by atoms with E-state index in [2.05, 4.69) is 48.6 Å². The van der Waals surface area contributed by atoms with E-state index in [1.54, 1.807) is 0 Å². The van der Waals surface area contributed by atoms with Gasteiger partial charge in [0.25, 0.3) is 0 Å². The molecule has 1 heteroatoms. The molecule has 0 N–H and O–H groups in total. The van der Waals surface area contributed by atoms with Crippen LogP contribution in [0.5, 0.6) is 0 Å². The summed E-state index contributed by atoms with van der Waals surface area (Å²) in [6.45, 7) is 0. The molecule has 2 aromatic rings. The van der Waals surface area contributed by atoms with Crippen molar-refractivity contribution in [3.63, 3.8) is 0 Å². The van der Waals surface area contributed by atoms with Crippen LogP contribution < -0.4 is 0 Å². The van der Waals surface area contributed by atoms with Crippen molar-refractivity contribution in [3.05, 3.63) is 47.5 Å². The number of rotatable bonds is 0. The number of benzene rings is 2. The molecule has 2 aromatic carbocycles. The van der Waals surface area contributed by atoms with Gasteiger partial charge in [-0.25, -0.2) is 0 Å². The zero-order chi connectivity index (χ0) is 7.97. The first kappa shape index (κ1) is 8.91. The van der Waals surface area contributed by atoms with Crippen LogP contribution in [0.4, 0.5) is 0 Å². The minimum atomic E-state index is 0. The van der Waals surface area contributed by atoms with Gasteiger partial charge >= 0.3 is 26.6 Å². The number of hydrogen-bond donors (Lipinski definition) is 0. The molecule has 0 heterocycles. The molecule has 0 aliphatic heterocycles. The first-order valence-corrected chi connectivity index (χ1v) is 4.15. The summed E-state index contributed by atoms with van der Waals surface area (Å²) in [6, 6.07) is 12.9. The Kier molecular flexibility index (Phi) is 2.22. The van der Waals surface area contributed by atoms with Crippen LogP contribution in [0.25, 0.3) is 22.9 Å². The van der Waals surface area contributed by atoms with Gasteiger partial charge in [0.05, 0.1) is 0 Å². The molecule has 3 rings (SSSR count). The molecular weight excluding hydrogens is 353 g/mol. The van der Waals surface area contributed by atoms with Crippen molar-refractivity contribution in [3.8, 4) is 0 Å². The fraction of sp³-hybridized carbons (Fsp3) is 0. The Bertz CT molecular complexity index is 443. The Hall–Kier alpha value is -0.664. The van der Waals surface area contributed by atoms with E-state index in [1.807, 2.05) is 0 Å². The number of hydrogen-bond acceptors (Lipinski definition) is 0. The molecule has 0 fully saturated rings. The molecule has 0 saturated heterocycles. The molecule has 0 radical (unpaired) electrons. The van der Waals surface area contributed by atoms with E-state index < -0.39 is 0 Å². The van der Waals surface area contributed by atoms with Gasteiger partial charge in [0.15, 0.2) is 0 Å². The van der Waals surface area contributed by atoms with Gasteiger partial charge in [0, 0.05) is 0 Å². The zero-order valence-electron chi connectivity index (χ0n) is 7.12. The van der Waals surface area contributed by atoms with Gasteiger partial charge in [-0.05, 0) is 21.9 Å². The van der Waals surface area contributed by atoms with Crippen LogP contribution in [0, 0.1) is 0 Å². The van der Waals surface area contributed by atoms with E-state index in [1.165, 1.54) is 21.9 Å². The van der Waals surface area contributed by atoms with Crippen LogP contribution in [0.1, 0.15) is 11.1 Å². The molecule has 0 saturated carbocycles. The van der Waals surface area contributed by atoms with Gasteiger partial charge in [-0.2, -0.15) is 0 Å². The Balaban J connectivity index is 0.000000653. The second-order valence-electron chi connectivity index (χ2n) is 3.13. The van der Waals surface area contributed by atoms with E-state index in [9.17, 15) is 0 Å². The molecule has 0 amide bonds. The first-order valence-electron chi connectivity index (χ1n) is 4.15. The third-order valence-electron chi connectivity index (χ3n) is 2.41. The van der Waals surface area contributed by atoms with Gasteiger partial charge in [0.2, 0.25) is 0 Å². The van der Waals surface area contributed by atoms with Gasteiger partial charge in [0.1, 0.15) is 0 Å². The van der Waals surface area contributed by atoms with Gasteiger partial charge in [-0.15, -0.1) is 0 Å². The Morgan fingerprint density at radius 3 is 1.77 bits per heavy atom. The quantitative estimate of drug-likeness (QED) is 0.576. The molecule has 0 spiro atoms. The summed E-state index contributed by atoms with van der Waals surface area (Å²) in [5.41, 5.74) is 2.70. The molecule has 1 aliphatic carbocycles. The topological polar surface area (TPSA) is 0 Å². The summed E-state index contributed by atoms with van der Waals surface area (Å²) < 4.78 is 0. The van der Waals surface area contributed by atoms with E-state index >= 15 is 0 Å². The van der Waals surface area contributed by atoms with Crippen LogP contribution >= 0.6 is 0 Å². The van der Waals surface area contributed by atoms with Crippen LogP contribution in [0.2, 0.25) is 0 Å². The normalized spacial score (nSPS) is 11.7. The maximum atomic E-state index is 2.18. The fourth-order valence-electron chi connectivity index (χ4n) is 1.86. The summed E-state index contributed by atoms with van der Waals surface area (Å²) in [5, 5.41) is 2.75. The van der Waals surface area contributed by atoms with E-state index in [0.29, 0.717) is 0 Å². The summed E-state index contributed by atoms with van der Waals surface area (Å²) >= 11 is 0. The fourth-order valence-corrected chi connectivity index (χ4v) is 1.86. The summed E-state index contributed by atoms with van der Waals surface area (Å²) in [4.78, 5) is 0. The SMILES string of the molecule is C1=Cc2cccc3cccc1c23.[PoH2]. The van der Waals surface area contributed by atoms with Crippen LogP contribution in [-0.4, -0.2) is 26.6 Å². The predicted octanol–water partition coefficient (Wildman–Crippen LogP) is 2.41. The van der Waals surface area contributed by atoms with Crippen molar-refractivity contribution in [2.45, 2.75) is 0 Å². The van der Waals surface area contributed by atoms with Gasteiger partial charge < -0.3 is 0 Å². The standard InChI is InChI=1S/C12H8.Po.2H/c1-3-9-4-2-6-11-8-7-10(5-1)12(9)11;;;/h1-8H;;;. The molecule has 0 unspecified atom stereocenters. The third-order valence-corrected chi connectivity index (χ3v) is 2.41. The molecule has 13 heavy (non-hydrogen) atoms. The van der Waals surface area contributed by atoms with Crippen molar-refractivity contribution in [2.75, 3.05) is 0 Å². The van der Waals surface area contributed by atoms with Crippen LogP contribution in [0.15, 0.2) is 36.4 Å². The van der Waals surface area contributed by atoms with E-state index in [-0.39, 0.29) is 26.6 Å². The zero-order valence-corrected chi connectivity index (χ0v) is 11.0. The van der Waals surface area contributed by atoms with E-state index in [4.69, 9.17) is 0 Å². The van der Waals surface area contributed by atoms with Crippen molar-refractivity contribution in [1.29, 1.82) is 0 Å². The first-order chi connectivity index (χ1) is 5.95. The molecule has 0 atom stereocenters. The second-order valence-corrected chi connectivity index (χ2v) is 3.13. The predicted molar refractivity (Wildman–Crippen MR) is 61.4 cm³/mol. The summed E-state index contributed by atoms with van der Waals surface area (Å²) in [5.74, 6) is 0. The van der Waals surface area contributed by atoms with Crippen LogP contribution in [0.3, 0.4) is 0 Å². The van der Waals surface area contributed by atoms with Crippen LogP contribution in [-0.2, 0) is 0 Å². The molecule has 0 bridgehead atoms. The Morgan fingerprint density at radius 1 is 0.692 bits per heavy atom. The summed E-state index contributed by atoms with van der Waals surface area (Å²) in [7, 11) is 0. The monoisotopic (exact) mass is 363 g/mol. The maximum absolute atomic E-state index is 2.18. The Morgan fingerprint density at radius 2 is 1.23 bits per heavy atom.